The Hall–Kier alpha value is -1.14. The normalized spacial score (nSPS) is 18.1. The summed E-state index contributed by atoms with van der Waals surface area (Å²) in [5.41, 5.74) is 5.51. The molecule has 0 atom stereocenters. The maximum atomic E-state index is 14.2. The van der Waals surface area contributed by atoms with Crippen molar-refractivity contribution < 1.29 is 22.3 Å². The van der Waals surface area contributed by atoms with Gasteiger partial charge in [0.1, 0.15) is 5.69 Å². The quantitative estimate of drug-likeness (QED) is 0.506. The second-order valence-corrected chi connectivity index (χ2v) is 7.80. The van der Waals surface area contributed by atoms with Gasteiger partial charge in [-0.2, -0.15) is 4.39 Å². The third kappa shape index (κ3) is 6.06. The summed E-state index contributed by atoms with van der Waals surface area (Å²) in [5.74, 6) is -0.308. The van der Waals surface area contributed by atoms with Crippen LogP contribution in [-0.4, -0.2) is 85.9 Å². The van der Waals surface area contributed by atoms with Crippen molar-refractivity contribution in [1.29, 1.82) is 0 Å². The predicted octanol–water partition coefficient (Wildman–Crippen LogP) is -1.36. The fourth-order valence-electron chi connectivity index (χ4n) is 2.25. The van der Waals surface area contributed by atoms with Crippen LogP contribution in [-0.2, 0) is 32.4 Å². The SMILES string of the molecule is NCCOCCOCCn1nnc(CN2CCS(=O)(=O)CC2)c1F. The lowest BCUT2D eigenvalue weighted by molar-refractivity contribution is 0.0457. The van der Waals surface area contributed by atoms with Crippen molar-refractivity contribution in [3.05, 3.63) is 11.6 Å². The smallest absolute Gasteiger partial charge is 0.236 e. The number of halogens is 1. The highest BCUT2D eigenvalue weighted by atomic mass is 32.2. The molecule has 0 bridgehead atoms. The monoisotopic (exact) mass is 365 g/mol. The minimum absolute atomic E-state index is 0.100. The van der Waals surface area contributed by atoms with Crippen molar-refractivity contribution in [3.63, 3.8) is 0 Å². The fourth-order valence-corrected chi connectivity index (χ4v) is 3.53. The zero-order valence-corrected chi connectivity index (χ0v) is 14.4. The van der Waals surface area contributed by atoms with E-state index in [0.717, 1.165) is 4.68 Å². The molecule has 1 saturated heterocycles. The van der Waals surface area contributed by atoms with Gasteiger partial charge in [0.25, 0.3) is 0 Å². The van der Waals surface area contributed by atoms with Gasteiger partial charge in [0.15, 0.2) is 9.84 Å². The number of rotatable bonds is 10. The molecule has 2 N–H and O–H groups in total. The van der Waals surface area contributed by atoms with Gasteiger partial charge in [-0.05, 0) is 0 Å². The van der Waals surface area contributed by atoms with E-state index in [9.17, 15) is 12.8 Å². The first kappa shape index (κ1) is 19.2. The molecular weight excluding hydrogens is 341 g/mol. The molecule has 0 radical (unpaired) electrons. The molecule has 0 saturated carbocycles. The third-order valence-corrected chi connectivity index (χ3v) is 5.24. The largest absolute Gasteiger partial charge is 0.378 e. The van der Waals surface area contributed by atoms with Crippen LogP contribution in [0.1, 0.15) is 5.69 Å². The summed E-state index contributed by atoms with van der Waals surface area (Å²) < 4.78 is 48.6. The molecule has 0 aliphatic carbocycles. The molecule has 0 aromatic carbocycles. The average molecular weight is 365 g/mol. The molecule has 1 aliphatic rings. The molecule has 1 fully saturated rings. The van der Waals surface area contributed by atoms with Gasteiger partial charge in [0.2, 0.25) is 5.95 Å². The Balaban J connectivity index is 1.71. The topological polar surface area (TPSA) is 113 Å². The van der Waals surface area contributed by atoms with E-state index in [0.29, 0.717) is 46.1 Å². The second kappa shape index (κ2) is 9.37. The molecule has 1 aromatic heterocycles. The van der Waals surface area contributed by atoms with Gasteiger partial charge in [0.05, 0.1) is 44.5 Å². The third-order valence-electron chi connectivity index (χ3n) is 3.63. The van der Waals surface area contributed by atoms with Crippen LogP contribution in [0.3, 0.4) is 0 Å². The van der Waals surface area contributed by atoms with E-state index in [-0.39, 0.29) is 30.3 Å². The van der Waals surface area contributed by atoms with Crippen LogP contribution in [0, 0.1) is 5.95 Å². The standard InChI is InChI=1S/C13H24FN5O4S/c14-13-12(11-18-3-9-24(20,21)10-4-18)16-17-19(13)2-6-23-8-7-22-5-1-15/h1-11,15H2. The van der Waals surface area contributed by atoms with E-state index in [4.69, 9.17) is 15.2 Å². The predicted molar refractivity (Wildman–Crippen MR) is 84.6 cm³/mol. The first-order valence-corrected chi connectivity index (χ1v) is 9.70. The Morgan fingerprint density at radius 2 is 1.79 bits per heavy atom. The van der Waals surface area contributed by atoms with Crippen molar-refractivity contribution in [2.75, 3.05) is 57.6 Å². The number of nitrogens with zero attached hydrogens (tertiary/aromatic N) is 4. The first-order chi connectivity index (χ1) is 11.5. The van der Waals surface area contributed by atoms with Gasteiger partial charge in [-0.15, -0.1) is 5.10 Å². The highest BCUT2D eigenvalue weighted by Gasteiger charge is 2.24. The first-order valence-electron chi connectivity index (χ1n) is 7.88. The minimum Gasteiger partial charge on any atom is -0.378 e. The lowest BCUT2D eigenvalue weighted by atomic mass is 10.4. The van der Waals surface area contributed by atoms with Crippen molar-refractivity contribution in [2.24, 2.45) is 5.73 Å². The summed E-state index contributed by atoms with van der Waals surface area (Å²) in [7, 11) is -2.95. The molecule has 138 valence electrons. The van der Waals surface area contributed by atoms with Crippen molar-refractivity contribution in [1.82, 2.24) is 19.9 Å². The molecule has 0 unspecified atom stereocenters. The fraction of sp³-hybridized carbons (Fsp3) is 0.846. The maximum Gasteiger partial charge on any atom is 0.236 e. The summed E-state index contributed by atoms with van der Waals surface area (Å²) in [4.78, 5) is 1.86. The zero-order valence-electron chi connectivity index (χ0n) is 13.6. The van der Waals surface area contributed by atoms with E-state index in [2.05, 4.69) is 10.3 Å². The maximum absolute atomic E-state index is 14.2. The summed E-state index contributed by atoms with van der Waals surface area (Å²) in [5, 5.41) is 7.61. The molecule has 11 heteroatoms. The van der Waals surface area contributed by atoms with E-state index in [1.54, 1.807) is 0 Å². The molecule has 1 aliphatic heterocycles. The van der Waals surface area contributed by atoms with Crippen molar-refractivity contribution >= 4 is 9.84 Å². The Kier molecular flexibility index (Phi) is 7.49. The Morgan fingerprint density at radius 1 is 1.12 bits per heavy atom. The van der Waals surface area contributed by atoms with Gasteiger partial charge in [-0.25, -0.2) is 13.1 Å². The highest BCUT2D eigenvalue weighted by Crippen LogP contribution is 2.10. The lowest BCUT2D eigenvalue weighted by Crippen LogP contribution is -2.39. The van der Waals surface area contributed by atoms with E-state index < -0.39 is 15.8 Å². The van der Waals surface area contributed by atoms with Crippen LogP contribution in [0.25, 0.3) is 0 Å². The summed E-state index contributed by atoms with van der Waals surface area (Å²) in [6.07, 6.45) is 0. The molecular formula is C13H24FN5O4S. The van der Waals surface area contributed by atoms with Crippen LogP contribution in [0.5, 0.6) is 0 Å². The molecule has 24 heavy (non-hydrogen) atoms. The van der Waals surface area contributed by atoms with E-state index >= 15 is 0 Å². The van der Waals surface area contributed by atoms with Crippen LogP contribution >= 0.6 is 0 Å². The number of sulfone groups is 1. The summed E-state index contributed by atoms with van der Waals surface area (Å²) in [6, 6.07) is 0. The molecule has 0 amide bonds. The molecule has 0 spiro atoms. The average Bonchev–Trinajstić information content (AvgIpc) is 2.89. The Morgan fingerprint density at radius 3 is 2.46 bits per heavy atom. The Labute approximate surface area is 140 Å². The number of nitrogens with two attached hydrogens (primary N) is 1. The molecule has 2 rings (SSSR count). The second-order valence-electron chi connectivity index (χ2n) is 5.49. The number of hydrogen-bond acceptors (Lipinski definition) is 8. The van der Waals surface area contributed by atoms with Crippen LogP contribution in [0.4, 0.5) is 4.39 Å². The molecule has 9 nitrogen and oxygen atoms in total. The van der Waals surface area contributed by atoms with Gasteiger partial charge >= 0.3 is 0 Å². The van der Waals surface area contributed by atoms with E-state index in [1.807, 2.05) is 4.90 Å². The lowest BCUT2D eigenvalue weighted by Gasteiger charge is -2.25. The van der Waals surface area contributed by atoms with Crippen LogP contribution in [0.15, 0.2) is 0 Å². The van der Waals surface area contributed by atoms with Gasteiger partial charge in [-0.3, -0.25) is 4.90 Å². The molecule has 1 aromatic rings. The van der Waals surface area contributed by atoms with Gasteiger partial charge in [0, 0.05) is 26.2 Å². The minimum atomic E-state index is -2.95. The summed E-state index contributed by atoms with van der Waals surface area (Å²) in [6.45, 7) is 3.40. The van der Waals surface area contributed by atoms with Crippen molar-refractivity contribution in [3.8, 4) is 0 Å². The molecule has 2 heterocycles. The summed E-state index contributed by atoms with van der Waals surface area (Å²) >= 11 is 0. The van der Waals surface area contributed by atoms with Crippen LogP contribution in [0.2, 0.25) is 0 Å². The van der Waals surface area contributed by atoms with Gasteiger partial charge in [-0.1, -0.05) is 5.21 Å². The number of hydrogen-bond donors (Lipinski definition) is 1. The van der Waals surface area contributed by atoms with Crippen molar-refractivity contribution in [2.45, 2.75) is 13.1 Å². The Bertz CT molecular complexity index is 596. The zero-order chi connectivity index (χ0) is 17.4. The highest BCUT2D eigenvalue weighted by molar-refractivity contribution is 7.91. The number of ether oxygens (including phenoxy) is 2. The van der Waals surface area contributed by atoms with E-state index in [1.165, 1.54) is 0 Å². The van der Waals surface area contributed by atoms with Gasteiger partial charge < -0.3 is 15.2 Å². The number of aromatic nitrogens is 3. The van der Waals surface area contributed by atoms with Crippen LogP contribution < -0.4 is 5.73 Å².